The van der Waals surface area contributed by atoms with Gasteiger partial charge >= 0.3 is 0 Å². The normalized spacial score (nSPS) is 12.8. The van der Waals surface area contributed by atoms with Crippen molar-refractivity contribution >= 4 is 6.34 Å². The molecule has 0 rings (SSSR count). The topological polar surface area (TPSA) is 118 Å². The first-order chi connectivity index (χ1) is 7.56. The molecule has 0 aliphatic heterocycles. The largest absolute Gasteiger partial charge is 0.390 e. The lowest BCUT2D eigenvalue weighted by Crippen LogP contribution is -2.43. The lowest BCUT2D eigenvalue weighted by molar-refractivity contribution is 0.00865. The summed E-state index contributed by atoms with van der Waals surface area (Å²) in [5.41, 5.74) is 3.60. The predicted octanol–water partition coefficient (Wildman–Crippen LogP) is 0.330. The maximum atomic E-state index is 9.95. The maximum Gasteiger partial charge on any atom is 0.176 e. The molecule has 0 bridgehead atoms. The van der Waals surface area contributed by atoms with Crippen LogP contribution < -0.4 is 11.1 Å². The Hall–Kier alpha value is -2.05. The Morgan fingerprint density at radius 3 is 2.31 bits per heavy atom. The van der Waals surface area contributed by atoms with E-state index in [1.54, 1.807) is 26.0 Å². The van der Waals surface area contributed by atoms with Crippen LogP contribution in [-0.2, 0) is 0 Å². The third-order valence-corrected chi connectivity index (χ3v) is 2.19. The predicted molar refractivity (Wildman–Crippen MR) is 59.6 cm³/mol. The standard InChI is InChI=1S/C10H15N5O/c1-3-10(16,4-2)15-9(6-12)8(5-11)14-7-13/h7,15-16H,3-4H2,1-2H3,(H2,13,14)/b9-8-. The van der Waals surface area contributed by atoms with Gasteiger partial charge in [0.1, 0.15) is 17.9 Å². The molecule has 0 saturated carbocycles. The fourth-order valence-corrected chi connectivity index (χ4v) is 1.02. The molecule has 0 aromatic heterocycles. The van der Waals surface area contributed by atoms with Gasteiger partial charge in [0, 0.05) is 0 Å². The van der Waals surface area contributed by atoms with E-state index in [2.05, 4.69) is 10.3 Å². The van der Waals surface area contributed by atoms with E-state index in [1.165, 1.54) is 0 Å². The summed E-state index contributed by atoms with van der Waals surface area (Å²) in [7, 11) is 0. The van der Waals surface area contributed by atoms with E-state index in [-0.39, 0.29) is 11.4 Å². The molecule has 0 spiro atoms. The summed E-state index contributed by atoms with van der Waals surface area (Å²) in [5.74, 6) is 0. The minimum Gasteiger partial charge on any atom is -0.390 e. The van der Waals surface area contributed by atoms with Gasteiger partial charge < -0.3 is 16.2 Å². The van der Waals surface area contributed by atoms with Gasteiger partial charge in [0.15, 0.2) is 11.4 Å². The zero-order valence-corrected chi connectivity index (χ0v) is 9.36. The molecule has 0 atom stereocenters. The molecule has 0 saturated heterocycles. The van der Waals surface area contributed by atoms with E-state index < -0.39 is 5.72 Å². The Morgan fingerprint density at radius 1 is 1.44 bits per heavy atom. The summed E-state index contributed by atoms with van der Waals surface area (Å²) in [4.78, 5) is 3.54. The molecule has 86 valence electrons. The molecule has 0 aliphatic carbocycles. The van der Waals surface area contributed by atoms with Gasteiger partial charge in [-0.25, -0.2) is 4.99 Å². The molecule has 16 heavy (non-hydrogen) atoms. The van der Waals surface area contributed by atoms with Gasteiger partial charge in [0.05, 0.1) is 6.34 Å². The first kappa shape index (κ1) is 13.9. The quantitative estimate of drug-likeness (QED) is 0.267. The van der Waals surface area contributed by atoms with Crippen LogP contribution in [0.5, 0.6) is 0 Å². The zero-order chi connectivity index (χ0) is 12.6. The fourth-order valence-electron chi connectivity index (χ4n) is 1.02. The van der Waals surface area contributed by atoms with Gasteiger partial charge in [-0.2, -0.15) is 10.5 Å². The third kappa shape index (κ3) is 3.60. The summed E-state index contributed by atoms with van der Waals surface area (Å²) in [6, 6.07) is 3.51. The lowest BCUT2D eigenvalue weighted by Gasteiger charge is -2.27. The zero-order valence-electron chi connectivity index (χ0n) is 9.36. The van der Waals surface area contributed by atoms with Crippen molar-refractivity contribution in [2.45, 2.75) is 32.4 Å². The molecule has 0 aliphatic rings. The molecule has 4 N–H and O–H groups in total. The van der Waals surface area contributed by atoms with Crippen LogP contribution in [-0.4, -0.2) is 17.2 Å². The maximum absolute atomic E-state index is 9.95. The van der Waals surface area contributed by atoms with Crippen molar-refractivity contribution < 1.29 is 5.11 Å². The molecule has 0 aromatic rings. The summed E-state index contributed by atoms with van der Waals surface area (Å²) < 4.78 is 0. The SMILES string of the molecule is CCC(O)(CC)N/C(C#N)=C(/C#N)N=CN. The van der Waals surface area contributed by atoms with Crippen LogP contribution in [0.4, 0.5) is 0 Å². The highest BCUT2D eigenvalue weighted by Crippen LogP contribution is 2.14. The Balaban J connectivity index is 5.19. The first-order valence-electron chi connectivity index (χ1n) is 4.86. The molecule has 0 radical (unpaired) electrons. The number of rotatable bonds is 5. The molecule has 6 heteroatoms. The van der Waals surface area contributed by atoms with E-state index >= 15 is 0 Å². The molecule has 0 fully saturated rings. The molecule has 0 amide bonds. The highest BCUT2D eigenvalue weighted by Gasteiger charge is 2.24. The Labute approximate surface area is 94.7 Å². The van der Waals surface area contributed by atoms with Gasteiger partial charge in [-0.1, -0.05) is 13.8 Å². The monoisotopic (exact) mass is 221 g/mol. The fraction of sp³-hybridized carbons (Fsp3) is 0.500. The van der Waals surface area contributed by atoms with Gasteiger partial charge in [-0.3, -0.25) is 0 Å². The molecule has 0 unspecified atom stereocenters. The minimum atomic E-state index is -1.21. The number of allylic oxidation sites excluding steroid dienone is 2. The number of hydrogen-bond donors (Lipinski definition) is 3. The van der Waals surface area contributed by atoms with Crippen LogP contribution in [0.25, 0.3) is 0 Å². The van der Waals surface area contributed by atoms with Gasteiger partial charge in [0.2, 0.25) is 0 Å². The second-order valence-corrected chi connectivity index (χ2v) is 3.09. The number of nitriles is 2. The summed E-state index contributed by atoms with van der Waals surface area (Å²) >= 11 is 0. The van der Waals surface area contributed by atoms with Crippen LogP contribution in [0.2, 0.25) is 0 Å². The van der Waals surface area contributed by atoms with Crippen molar-refractivity contribution in [3.63, 3.8) is 0 Å². The van der Waals surface area contributed by atoms with Crippen LogP contribution in [0, 0.1) is 22.7 Å². The van der Waals surface area contributed by atoms with Crippen LogP contribution in [0.15, 0.2) is 16.4 Å². The van der Waals surface area contributed by atoms with Crippen molar-refractivity contribution in [2.24, 2.45) is 10.7 Å². The number of hydrogen-bond acceptors (Lipinski definition) is 5. The van der Waals surface area contributed by atoms with Crippen LogP contribution >= 0.6 is 0 Å². The average molecular weight is 221 g/mol. The van der Waals surface area contributed by atoms with E-state index in [0.29, 0.717) is 12.8 Å². The number of aliphatic imine (C=N–C) groups is 1. The number of nitrogens with zero attached hydrogens (tertiary/aromatic N) is 3. The van der Waals surface area contributed by atoms with E-state index in [4.69, 9.17) is 16.3 Å². The number of aliphatic hydroxyl groups is 1. The first-order valence-corrected chi connectivity index (χ1v) is 4.86. The summed E-state index contributed by atoms with van der Waals surface area (Å²) in [5, 5.41) is 30.2. The average Bonchev–Trinajstić information content (AvgIpc) is 2.33. The van der Waals surface area contributed by atoms with E-state index in [1.807, 2.05) is 0 Å². The number of nitrogens with one attached hydrogen (secondary N) is 1. The van der Waals surface area contributed by atoms with Crippen LogP contribution in [0.3, 0.4) is 0 Å². The van der Waals surface area contributed by atoms with Crippen molar-refractivity contribution in [2.75, 3.05) is 0 Å². The Bertz CT molecular complexity index is 368. The Kier molecular flexibility index (Phi) is 5.61. The van der Waals surface area contributed by atoms with E-state index in [0.717, 1.165) is 6.34 Å². The highest BCUT2D eigenvalue weighted by molar-refractivity contribution is 5.56. The molecule has 0 heterocycles. The van der Waals surface area contributed by atoms with Crippen molar-refractivity contribution in [1.29, 1.82) is 10.5 Å². The summed E-state index contributed by atoms with van der Waals surface area (Å²) in [6.45, 7) is 3.54. The van der Waals surface area contributed by atoms with Crippen LogP contribution in [0.1, 0.15) is 26.7 Å². The molecular formula is C10H15N5O. The van der Waals surface area contributed by atoms with Gasteiger partial charge in [0.25, 0.3) is 0 Å². The van der Waals surface area contributed by atoms with Crippen molar-refractivity contribution in [1.82, 2.24) is 5.32 Å². The highest BCUT2D eigenvalue weighted by atomic mass is 16.3. The third-order valence-electron chi connectivity index (χ3n) is 2.19. The second kappa shape index (κ2) is 6.44. The molecule has 6 nitrogen and oxygen atoms in total. The van der Waals surface area contributed by atoms with Crippen molar-refractivity contribution in [3.05, 3.63) is 11.4 Å². The van der Waals surface area contributed by atoms with Gasteiger partial charge in [-0.05, 0) is 12.8 Å². The molecular weight excluding hydrogens is 206 g/mol. The number of nitrogens with two attached hydrogens (primary N) is 1. The Morgan fingerprint density at radius 2 is 2.00 bits per heavy atom. The second-order valence-electron chi connectivity index (χ2n) is 3.09. The van der Waals surface area contributed by atoms with Gasteiger partial charge in [-0.15, -0.1) is 0 Å². The van der Waals surface area contributed by atoms with Crippen molar-refractivity contribution in [3.8, 4) is 12.1 Å². The summed E-state index contributed by atoms with van der Waals surface area (Å²) in [6.07, 6.45) is 1.73. The molecule has 0 aromatic carbocycles. The minimum absolute atomic E-state index is 0.0876. The smallest absolute Gasteiger partial charge is 0.176 e. The lowest BCUT2D eigenvalue weighted by atomic mass is 10.1. The van der Waals surface area contributed by atoms with E-state index in [9.17, 15) is 5.11 Å².